The highest BCUT2D eigenvalue weighted by atomic mass is 32.1. The maximum Gasteiger partial charge on any atom is 0.275 e. The third kappa shape index (κ3) is 2.38. The second-order valence-corrected chi connectivity index (χ2v) is 5.57. The summed E-state index contributed by atoms with van der Waals surface area (Å²) in [6, 6.07) is 8.12. The van der Waals surface area contributed by atoms with Crippen LogP contribution >= 0.6 is 11.5 Å². The topological polar surface area (TPSA) is 46.1 Å². The average Bonchev–Trinajstić information content (AvgIpc) is 3.10. The van der Waals surface area contributed by atoms with Crippen molar-refractivity contribution < 1.29 is 4.79 Å². The van der Waals surface area contributed by atoms with Crippen molar-refractivity contribution in [3.63, 3.8) is 0 Å². The molecule has 1 aromatic heterocycles. The molecular formula is C14H15N3OS. The summed E-state index contributed by atoms with van der Waals surface area (Å²) in [5, 5.41) is 4.04. The number of carbonyl (C=O) groups is 1. The predicted molar refractivity (Wildman–Crippen MR) is 75.2 cm³/mol. The Hall–Kier alpha value is -1.75. The highest BCUT2D eigenvalue weighted by Gasteiger charge is 2.25. The number of aromatic nitrogens is 2. The number of hydrogen-bond acceptors (Lipinski definition) is 4. The van der Waals surface area contributed by atoms with Gasteiger partial charge < -0.3 is 4.90 Å². The van der Waals surface area contributed by atoms with Crippen molar-refractivity contribution in [3.05, 3.63) is 35.5 Å². The van der Waals surface area contributed by atoms with Crippen LogP contribution in [-0.2, 0) is 0 Å². The molecule has 0 aliphatic carbocycles. The fourth-order valence-corrected chi connectivity index (χ4v) is 2.96. The van der Waals surface area contributed by atoms with E-state index in [0.717, 1.165) is 36.4 Å². The lowest BCUT2D eigenvalue weighted by Gasteiger charge is -2.13. The Balaban J connectivity index is 1.93. The average molecular weight is 273 g/mol. The van der Waals surface area contributed by atoms with Gasteiger partial charge in [0.15, 0.2) is 5.69 Å². The molecule has 98 valence electrons. The molecule has 1 amide bonds. The maximum atomic E-state index is 12.4. The van der Waals surface area contributed by atoms with Gasteiger partial charge >= 0.3 is 0 Å². The van der Waals surface area contributed by atoms with Crippen molar-refractivity contribution >= 4 is 17.4 Å². The molecule has 0 unspecified atom stereocenters. The van der Waals surface area contributed by atoms with Crippen molar-refractivity contribution in [1.29, 1.82) is 0 Å². The Morgan fingerprint density at radius 1 is 1.21 bits per heavy atom. The van der Waals surface area contributed by atoms with E-state index in [9.17, 15) is 4.79 Å². The molecule has 2 aromatic rings. The van der Waals surface area contributed by atoms with Crippen LogP contribution in [0.3, 0.4) is 0 Å². The van der Waals surface area contributed by atoms with Crippen molar-refractivity contribution in [2.24, 2.45) is 0 Å². The lowest BCUT2D eigenvalue weighted by molar-refractivity contribution is 0.0788. The lowest BCUT2D eigenvalue weighted by Crippen LogP contribution is -2.28. The van der Waals surface area contributed by atoms with Gasteiger partial charge in [-0.3, -0.25) is 4.79 Å². The minimum absolute atomic E-state index is 0.0156. The number of benzene rings is 1. The summed E-state index contributed by atoms with van der Waals surface area (Å²) in [5.41, 5.74) is 2.72. The molecular weight excluding hydrogens is 258 g/mol. The summed E-state index contributed by atoms with van der Waals surface area (Å²) in [6.45, 7) is 3.72. The summed E-state index contributed by atoms with van der Waals surface area (Å²) in [6.07, 6.45) is 2.17. The normalized spacial score (nSPS) is 14.9. The zero-order chi connectivity index (χ0) is 13.2. The maximum absolute atomic E-state index is 12.4. The van der Waals surface area contributed by atoms with E-state index in [-0.39, 0.29) is 5.91 Å². The Bertz CT molecular complexity index is 585. The Morgan fingerprint density at radius 2 is 1.89 bits per heavy atom. The number of aryl methyl sites for hydroxylation is 1. The largest absolute Gasteiger partial charge is 0.337 e. The summed E-state index contributed by atoms with van der Waals surface area (Å²) < 4.78 is 3.96. The molecule has 2 heterocycles. The molecule has 1 aromatic carbocycles. The zero-order valence-corrected chi connectivity index (χ0v) is 11.6. The number of hydrogen-bond donors (Lipinski definition) is 0. The van der Waals surface area contributed by atoms with Gasteiger partial charge in [0.25, 0.3) is 5.91 Å². The predicted octanol–water partition coefficient (Wildman–Crippen LogP) is 2.75. The van der Waals surface area contributed by atoms with E-state index >= 15 is 0 Å². The van der Waals surface area contributed by atoms with Gasteiger partial charge in [0.1, 0.15) is 0 Å². The summed E-state index contributed by atoms with van der Waals surface area (Å²) in [4.78, 5) is 15.1. The quantitative estimate of drug-likeness (QED) is 0.845. The standard InChI is InChI=1S/C14H15N3OS/c1-10-4-6-11(7-5-10)13-12(15-16-19-13)14(18)17-8-2-3-9-17/h4-7H,2-3,8-9H2,1H3. The van der Waals surface area contributed by atoms with Crippen molar-refractivity contribution in [2.45, 2.75) is 19.8 Å². The van der Waals surface area contributed by atoms with Crippen molar-refractivity contribution in [3.8, 4) is 10.4 Å². The van der Waals surface area contributed by atoms with Gasteiger partial charge in [-0.1, -0.05) is 34.3 Å². The van der Waals surface area contributed by atoms with Gasteiger partial charge in [0.2, 0.25) is 0 Å². The number of amides is 1. The molecule has 4 nitrogen and oxygen atoms in total. The van der Waals surface area contributed by atoms with Crippen LogP contribution in [0, 0.1) is 6.92 Å². The molecule has 1 fully saturated rings. The van der Waals surface area contributed by atoms with E-state index < -0.39 is 0 Å². The first-order valence-electron chi connectivity index (χ1n) is 6.44. The van der Waals surface area contributed by atoms with Crippen LogP contribution in [0.15, 0.2) is 24.3 Å². The molecule has 5 heteroatoms. The van der Waals surface area contributed by atoms with Gasteiger partial charge in [0.05, 0.1) is 4.88 Å². The first-order valence-corrected chi connectivity index (χ1v) is 7.22. The number of nitrogens with zero attached hydrogens (tertiary/aromatic N) is 3. The highest BCUT2D eigenvalue weighted by Crippen LogP contribution is 2.28. The summed E-state index contributed by atoms with van der Waals surface area (Å²) >= 11 is 1.29. The Labute approximate surface area is 116 Å². The Kier molecular flexibility index (Phi) is 3.29. The van der Waals surface area contributed by atoms with E-state index in [2.05, 4.69) is 9.59 Å². The molecule has 0 spiro atoms. The SMILES string of the molecule is Cc1ccc(-c2snnc2C(=O)N2CCCC2)cc1. The lowest BCUT2D eigenvalue weighted by atomic mass is 10.1. The summed E-state index contributed by atoms with van der Waals surface area (Å²) in [7, 11) is 0. The zero-order valence-electron chi connectivity index (χ0n) is 10.8. The second kappa shape index (κ2) is 5.09. The third-order valence-corrected chi connectivity index (χ3v) is 4.17. The van der Waals surface area contributed by atoms with Crippen LogP contribution < -0.4 is 0 Å². The first-order chi connectivity index (χ1) is 9.25. The van der Waals surface area contributed by atoms with Gasteiger partial charge in [-0.15, -0.1) is 5.10 Å². The van der Waals surface area contributed by atoms with Crippen LogP contribution in [0.25, 0.3) is 10.4 Å². The van der Waals surface area contributed by atoms with E-state index in [1.807, 2.05) is 36.1 Å². The second-order valence-electron chi connectivity index (χ2n) is 4.82. The van der Waals surface area contributed by atoms with Gasteiger partial charge in [0, 0.05) is 13.1 Å². The van der Waals surface area contributed by atoms with E-state index in [0.29, 0.717) is 5.69 Å². The molecule has 0 atom stereocenters. The van der Waals surface area contributed by atoms with Gasteiger partial charge in [-0.2, -0.15) is 0 Å². The molecule has 1 aliphatic rings. The monoisotopic (exact) mass is 273 g/mol. The van der Waals surface area contributed by atoms with Crippen LogP contribution in [0.1, 0.15) is 28.9 Å². The van der Waals surface area contributed by atoms with Gasteiger partial charge in [-0.05, 0) is 36.9 Å². The molecule has 1 saturated heterocycles. The minimum Gasteiger partial charge on any atom is -0.337 e. The van der Waals surface area contributed by atoms with Crippen LogP contribution in [0.4, 0.5) is 0 Å². The molecule has 19 heavy (non-hydrogen) atoms. The molecule has 1 aliphatic heterocycles. The minimum atomic E-state index is 0.0156. The van der Waals surface area contributed by atoms with Crippen LogP contribution in [0.5, 0.6) is 0 Å². The number of carbonyl (C=O) groups excluding carboxylic acids is 1. The molecule has 3 rings (SSSR count). The number of rotatable bonds is 2. The Morgan fingerprint density at radius 3 is 2.58 bits per heavy atom. The summed E-state index contributed by atoms with van der Waals surface area (Å²) in [5.74, 6) is 0.0156. The molecule has 0 radical (unpaired) electrons. The smallest absolute Gasteiger partial charge is 0.275 e. The highest BCUT2D eigenvalue weighted by molar-refractivity contribution is 7.09. The van der Waals surface area contributed by atoms with Crippen LogP contribution in [-0.4, -0.2) is 33.5 Å². The van der Waals surface area contributed by atoms with E-state index in [4.69, 9.17) is 0 Å². The van der Waals surface area contributed by atoms with Crippen molar-refractivity contribution in [1.82, 2.24) is 14.5 Å². The van der Waals surface area contributed by atoms with E-state index in [1.165, 1.54) is 17.1 Å². The van der Waals surface area contributed by atoms with Crippen molar-refractivity contribution in [2.75, 3.05) is 13.1 Å². The van der Waals surface area contributed by atoms with E-state index in [1.54, 1.807) is 0 Å². The van der Waals surface area contributed by atoms with Gasteiger partial charge in [-0.25, -0.2) is 0 Å². The fraction of sp³-hybridized carbons (Fsp3) is 0.357. The molecule has 0 bridgehead atoms. The molecule has 0 N–H and O–H groups in total. The number of likely N-dealkylation sites (tertiary alicyclic amines) is 1. The molecule has 0 saturated carbocycles. The van der Waals surface area contributed by atoms with Crippen LogP contribution in [0.2, 0.25) is 0 Å². The third-order valence-electron chi connectivity index (χ3n) is 3.40. The first kappa shape index (κ1) is 12.3. The fourth-order valence-electron chi connectivity index (χ4n) is 2.29.